The van der Waals surface area contributed by atoms with Crippen LogP contribution in [0.2, 0.25) is 0 Å². The van der Waals surface area contributed by atoms with E-state index in [1.165, 1.54) is 48.5 Å². The van der Waals surface area contributed by atoms with E-state index in [4.69, 9.17) is 31.0 Å². The normalized spacial score (nSPS) is 11.4. The fourth-order valence-electron chi connectivity index (χ4n) is 5.95. The largest absolute Gasteiger partial charge is 0.479 e. The molecule has 0 aliphatic rings. The molecule has 18 nitrogen and oxygen atoms in total. The van der Waals surface area contributed by atoms with Gasteiger partial charge in [-0.3, -0.25) is 19.2 Å². The molecule has 0 radical (unpaired) electrons. The third-order valence-electron chi connectivity index (χ3n) is 9.32. The van der Waals surface area contributed by atoms with E-state index in [0.717, 1.165) is 0 Å². The Morgan fingerprint density at radius 3 is 1.38 bits per heavy atom. The van der Waals surface area contributed by atoms with Crippen LogP contribution in [0, 0.1) is 46.5 Å². The van der Waals surface area contributed by atoms with Gasteiger partial charge in [-0.25, -0.2) is 22.4 Å². The molecule has 0 bridgehead atoms. The molecule has 4 aromatic carbocycles. The summed E-state index contributed by atoms with van der Waals surface area (Å²) in [6.07, 6.45) is 1.14. The minimum atomic E-state index is -1.81. The zero-order chi connectivity index (χ0) is 52.8. The molecule has 72 heavy (non-hydrogen) atoms. The second kappa shape index (κ2) is 29.5. The van der Waals surface area contributed by atoms with Crippen LogP contribution in [-0.2, 0) is 14.3 Å². The van der Waals surface area contributed by atoms with E-state index in [1.807, 2.05) is 0 Å². The predicted molar refractivity (Wildman–Crippen MR) is 245 cm³/mol. The lowest BCUT2D eigenvalue weighted by Gasteiger charge is -2.20. The molecule has 0 saturated carbocycles. The molecule has 0 unspecified atom stereocenters. The maximum Gasteiger partial charge on any atom is 0.407 e. The minimum Gasteiger partial charge on any atom is -0.479 e. The summed E-state index contributed by atoms with van der Waals surface area (Å²) in [5, 5.41) is 14.3. The van der Waals surface area contributed by atoms with Crippen molar-refractivity contribution in [3.05, 3.63) is 139 Å². The lowest BCUT2D eigenvalue weighted by Crippen LogP contribution is -2.43. The molecule has 0 heterocycles. The van der Waals surface area contributed by atoms with E-state index in [0.29, 0.717) is 32.2 Å². The monoisotopic (exact) mass is 1040 g/mol. The molecule has 2 atom stereocenters. The van der Waals surface area contributed by atoms with Crippen LogP contribution in [-0.4, -0.2) is 73.5 Å². The number of ether oxygens (including phenoxy) is 3. The van der Waals surface area contributed by atoms with Crippen molar-refractivity contribution >= 4 is 53.3 Å². The highest BCUT2D eigenvalue weighted by atomic mass is 35.5. The Balaban J connectivity index is 0.000000496. The average Bonchev–Trinajstić information content (AvgIpc) is 3.31. The van der Waals surface area contributed by atoms with Gasteiger partial charge in [0, 0.05) is 51.0 Å². The Morgan fingerprint density at radius 2 is 1.01 bits per heavy atom. The first-order chi connectivity index (χ1) is 33.6. The quantitative estimate of drug-likeness (QED) is 0.0137. The van der Waals surface area contributed by atoms with E-state index in [2.05, 4.69) is 36.0 Å². The van der Waals surface area contributed by atoms with E-state index in [-0.39, 0.29) is 66.4 Å². The van der Waals surface area contributed by atoms with Crippen molar-refractivity contribution in [1.82, 2.24) is 16.0 Å². The van der Waals surface area contributed by atoms with Crippen LogP contribution in [0.3, 0.4) is 0 Å². The third-order valence-corrected chi connectivity index (χ3v) is 9.32. The van der Waals surface area contributed by atoms with Crippen molar-refractivity contribution in [2.45, 2.75) is 77.0 Å². The first-order valence-electron chi connectivity index (χ1n) is 21.2. The Hall–Kier alpha value is -7.66. The number of nitrogens with one attached hydrogen (secondary N) is 3. The smallest absolute Gasteiger partial charge is 0.407 e. The van der Waals surface area contributed by atoms with Gasteiger partial charge in [-0.05, 0) is 101 Å². The number of nitrogens with two attached hydrogens (primary N) is 1. The number of alkyl carbamates (subject to hydrolysis) is 1. The van der Waals surface area contributed by atoms with Gasteiger partial charge in [0.2, 0.25) is 23.3 Å². The number of rotatable bonds is 23. The van der Waals surface area contributed by atoms with Gasteiger partial charge in [0.1, 0.15) is 18.8 Å². The first kappa shape index (κ1) is 60.5. The number of Topliss-reactive ketones (excluding diaryl/α,β-unsaturated/α-hetero) is 2. The van der Waals surface area contributed by atoms with Crippen LogP contribution in [0.25, 0.3) is 20.9 Å². The summed E-state index contributed by atoms with van der Waals surface area (Å²) in [4.78, 5) is 67.7. The molecule has 0 saturated heterocycles. The van der Waals surface area contributed by atoms with Gasteiger partial charge in [0.15, 0.2) is 46.3 Å². The standard InChI is InChI=1S/C25H27F4N5O5.C20H19F4N5O3.ClH/c1-25(2,3)39-24(37)31-10-5-4-9-18(32-23(36)14-7-6-8-15(11-14)33-34-30)19(35)13-38-22-20(28)16(26)12-17(27)21(22)29;21-13-9-14(22)18(24)19(17(13)23)32-10-16(30)15(6-1-2-7-25)27-20(31)11-4-3-5-12(8-11)28-29-26;/h6-8,11-12,18H,4-5,9-10,13H2,1-3H3,(H,31,37)(H,32,36);3-5,8-9,15H,1-2,6-7,10,25H2,(H,27,31);1H/t18-;15-;/m00./s1. The van der Waals surface area contributed by atoms with Crippen LogP contribution in [0.5, 0.6) is 11.5 Å². The fraction of sp³-hybridized carbons (Fsp3) is 0.356. The lowest BCUT2D eigenvalue weighted by atomic mass is 10.0. The average molecular weight is 1040 g/mol. The Morgan fingerprint density at radius 1 is 0.625 bits per heavy atom. The van der Waals surface area contributed by atoms with Crippen molar-refractivity contribution in [3.63, 3.8) is 0 Å². The number of carbonyl (C=O) groups excluding carboxylic acids is 5. The van der Waals surface area contributed by atoms with Crippen molar-refractivity contribution in [2.24, 2.45) is 16.0 Å². The van der Waals surface area contributed by atoms with E-state index in [1.54, 1.807) is 20.8 Å². The maximum absolute atomic E-state index is 13.9. The molecule has 27 heteroatoms. The molecule has 388 valence electrons. The number of benzene rings is 4. The minimum absolute atomic E-state index is 0. The number of azide groups is 2. The fourth-order valence-corrected chi connectivity index (χ4v) is 5.95. The second-order valence-electron chi connectivity index (χ2n) is 15.8. The molecule has 0 fully saturated rings. The van der Waals surface area contributed by atoms with Crippen molar-refractivity contribution in [2.75, 3.05) is 26.3 Å². The van der Waals surface area contributed by atoms with Crippen LogP contribution in [0.4, 0.5) is 51.3 Å². The Kier molecular flexibility index (Phi) is 24.8. The first-order valence-corrected chi connectivity index (χ1v) is 21.2. The van der Waals surface area contributed by atoms with Gasteiger partial charge in [-0.1, -0.05) is 34.5 Å². The Bertz CT molecular complexity index is 2620. The van der Waals surface area contributed by atoms with Gasteiger partial charge >= 0.3 is 6.09 Å². The molecule has 3 amide bonds. The highest BCUT2D eigenvalue weighted by molar-refractivity contribution is 5.99. The molecule has 5 N–H and O–H groups in total. The molecular weight excluding hydrogens is 996 g/mol. The number of carbonyl (C=O) groups is 5. The maximum atomic E-state index is 13.9. The van der Waals surface area contributed by atoms with Gasteiger partial charge in [0.05, 0.1) is 12.1 Å². The van der Waals surface area contributed by atoms with Crippen LogP contribution < -0.4 is 31.2 Å². The van der Waals surface area contributed by atoms with Crippen molar-refractivity contribution in [3.8, 4) is 11.5 Å². The molecule has 0 aliphatic heterocycles. The lowest BCUT2D eigenvalue weighted by molar-refractivity contribution is -0.123. The predicted octanol–water partition coefficient (Wildman–Crippen LogP) is 10.1. The number of halogens is 9. The SMILES string of the molecule is CC(C)(C)OC(=O)NCCCC[C@H](NC(=O)c1cccc(N=[N+]=[N-])c1)C(=O)COc1c(F)c(F)cc(F)c1F.Cl.[N-]=[N+]=Nc1cccc(C(=O)N[C@@H](CCCCN)C(=O)COc2c(F)c(F)cc(F)c2F)c1. The molecule has 0 spiro atoms. The van der Waals surface area contributed by atoms with Crippen LogP contribution in [0.15, 0.2) is 70.9 Å². The zero-order valence-electron chi connectivity index (χ0n) is 38.5. The van der Waals surface area contributed by atoms with Crippen LogP contribution in [0.1, 0.15) is 80.0 Å². The van der Waals surface area contributed by atoms with E-state index >= 15 is 0 Å². The van der Waals surface area contributed by atoms with Crippen molar-refractivity contribution < 1.29 is 73.3 Å². The number of nitrogens with zero attached hydrogens (tertiary/aromatic N) is 6. The zero-order valence-corrected chi connectivity index (χ0v) is 39.3. The Labute approximate surface area is 411 Å². The molecule has 4 aromatic rings. The highest BCUT2D eigenvalue weighted by Crippen LogP contribution is 2.28. The number of ketones is 2. The molecule has 0 aromatic heterocycles. The van der Waals surface area contributed by atoms with Gasteiger partial charge in [-0.2, -0.15) is 17.6 Å². The van der Waals surface area contributed by atoms with Crippen molar-refractivity contribution in [1.29, 1.82) is 0 Å². The number of unbranched alkanes of at least 4 members (excludes halogenated alkanes) is 2. The van der Waals surface area contributed by atoms with Gasteiger partial charge in [-0.15, -0.1) is 12.4 Å². The summed E-state index contributed by atoms with van der Waals surface area (Å²) in [7, 11) is 0. The molecular formula is C45H47ClF8N10O8. The number of hydrogen-bond acceptors (Lipinski definition) is 11. The molecule has 4 rings (SSSR count). The number of hydrogen-bond donors (Lipinski definition) is 4. The van der Waals surface area contributed by atoms with E-state index in [9.17, 15) is 59.1 Å². The highest BCUT2D eigenvalue weighted by Gasteiger charge is 2.28. The molecule has 0 aliphatic carbocycles. The van der Waals surface area contributed by atoms with Gasteiger partial charge < -0.3 is 35.9 Å². The summed E-state index contributed by atoms with van der Waals surface area (Å²) in [6.45, 7) is 3.65. The summed E-state index contributed by atoms with van der Waals surface area (Å²) in [5.41, 5.74) is 22.3. The third kappa shape index (κ3) is 19.3. The summed E-state index contributed by atoms with van der Waals surface area (Å²) in [5.74, 6) is -19.8. The summed E-state index contributed by atoms with van der Waals surface area (Å²) >= 11 is 0. The number of amides is 3. The van der Waals surface area contributed by atoms with Gasteiger partial charge in [0.25, 0.3) is 11.8 Å². The summed E-state index contributed by atoms with van der Waals surface area (Å²) < 4.78 is 123. The van der Waals surface area contributed by atoms with E-state index < -0.39 is 118 Å². The second-order valence-corrected chi connectivity index (χ2v) is 15.8. The van der Waals surface area contributed by atoms with Crippen LogP contribution >= 0.6 is 12.4 Å². The topological polar surface area (TPSA) is 273 Å². The summed E-state index contributed by atoms with van der Waals surface area (Å²) in [6, 6.07) is 8.86.